The Morgan fingerprint density at radius 1 is 1.12 bits per heavy atom. The van der Waals surface area contributed by atoms with Gasteiger partial charge in [-0.3, -0.25) is 9.89 Å². The van der Waals surface area contributed by atoms with Crippen molar-refractivity contribution < 1.29 is 9.53 Å². The molecule has 1 amide bonds. The fourth-order valence-corrected chi connectivity index (χ4v) is 4.97. The molecule has 1 atom stereocenters. The van der Waals surface area contributed by atoms with Crippen molar-refractivity contribution in [3.8, 4) is 0 Å². The van der Waals surface area contributed by atoms with Crippen molar-refractivity contribution in [2.75, 3.05) is 31.6 Å². The number of anilines is 1. The van der Waals surface area contributed by atoms with Gasteiger partial charge in [-0.2, -0.15) is 5.10 Å². The number of fused-ring (bicyclic) bond motifs is 1. The van der Waals surface area contributed by atoms with Gasteiger partial charge in [-0.25, -0.2) is 4.98 Å². The summed E-state index contributed by atoms with van der Waals surface area (Å²) in [6.45, 7) is 9.16. The zero-order chi connectivity index (χ0) is 23.0. The normalized spacial score (nSPS) is 19.8. The minimum Gasteiger partial charge on any atom is -0.381 e. The predicted molar refractivity (Wildman–Crippen MR) is 129 cm³/mol. The molecule has 1 unspecified atom stereocenters. The van der Waals surface area contributed by atoms with E-state index in [4.69, 9.17) is 9.72 Å². The first-order chi connectivity index (χ1) is 15.9. The third-order valence-electron chi connectivity index (χ3n) is 7.21. The van der Waals surface area contributed by atoms with Crippen LogP contribution < -0.4 is 5.32 Å². The molecule has 2 saturated heterocycles. The van der Waals surface area contributed by atoms with E-state index in [9.17, 15) is 4.79 Å². The van der Waals surface area contributed by atoms with Crippen LogP contribution in [0.3, 0.4) is 0 Å². The van der Waals surface area contributed by atoms with Crippen LogP contribution in [-0.2, 0) is 14.9 Å². The Morgan fingerprint density at radius 2 is 1.88 bits per heavy atom. The molecule has 174 valence electrons. The summed E-state index contributed by atoms with van der Waals surface area (Å²) in [6, 6.07) is 12.9. The number of hydrogen-bond donors (Lipinski definition) is 2. The van der Waals surface area contributed by atoms with Gasteiger partial charge in [0, 0.05) is 44.0 Å². The van der Waals surface area contributed by atoms with Gasteiger partial charge < -0.3 is 15.0 Å². The SMILES string of the molecule is Cc1ccc(C(C)(C)C(=O)N2CCC(c3ccc4c(NC5CCOCC5)n[nH]c4n3)C2)cc1. The molecule has 2 N–H and O–H groups in total. The molecule has 0 saturated carbocycles. The summed E-state index contributed by atoms with van der Waals surface area (Å²) in [5, 5.41) is 12.1. The minimum atomic E-state index is -0.548. The lowest BCUT2D eigenvalue weighted by Gasteiger charge is -2.30. The van der Waals surface area contributed by atoms with Gasteiger partial charge in [0.15, 0.2) is 11.5 Å². The number of ether oxygens (including phenoxy) is 1. The predicted octanol–water partition coefficient (Wildman–Crippen LogP) is 4.15. The van der Waals surface area contributed by atoms with Gasteiger partial charge in [-0.1, -0.05) is 29.8 Å². The van der Waals surface area contributed by atoms with E-state index < -0.39 is 5.41 Å². The van der Waals surface area contributed by atoms with Gasteiger partial charge in [-0.05, 0) is 57.7 Å². The van der Waals surface area contributed by atoms with Gasteiger partial charge in [-0.15, -0.1) is 0 Å². The Labute approximate surface area is 194 Å². The smallest absolute Gasteiger partial charge is 0.232 e. The quantitative estimate of drug-likeness (QED) is 0.614. The number of carbonyl (C=O) groups excluding carboxylic acids is 1. The average molecular weight is 448 g/mol. The summed E-state index contributed by atoms with van der Waals surface area (Å²) in [6.07, 6.45) is 2.91. The number of likely N-dealkylation sites (tertiary alicyclic amines) is 1. The van der Waals surface area contributed by atoms with Crippen LogP contribution >= 0.6 is 0 Å². The molecule has 7 nitrogen and oxygen atoms in total. The number of aromatic amines is 1. The number of nitrogens with one attached hydrogen (secondary N) is 2. The molecule has 0 spiro atoms. The van der Waals surface area contributed by atoms with Crippen molar-refractivity contribution in [2.45, 2.75) is 57.4 Å². The van der Waals surface area contributed by atoms with E-state index in [0.29, 0.717) is 12.6 Å². The topological polar surface area (TPSA) is 83.1 Å². The number of nitrogens with zero attached hydrogens (tertiary/aromatic N) is 3. The Hall–Kier alpha value is -2.93. The number of aryl methyl sites for hydroxylation is 1. The maximum atomic E-state index is 13.4. The number of aromatic nitrogens is 3. The molecule has 33 heavy (non-hydrogen) atoms. The highest BCUT2D eigenvalue weighted by Gasteiger charge is 2.37. The number of carbonyl (C=O) groups is 1. The van der Waals surface area contributed by atoms with Gasteiger partial charge >= 0.3 is 0 Å². The average Bonchev–Trinajstić information content (AvgIpc) is 3.47. The second-order valence-corrected chi connectivity index (χ2v) is 9.96. The standard InChI is InChI=1S/C26H33N5O2/c1-17-4-6-19(7-5-17)26(2,3)25(32)31-13-10-18(16-31)22-9-8-21-23(29-30-24(21)28-22)27-20-11-14-33-15-12-20/h4-9,18,20H,10-16H2,1-3H3,(H2,27,28,29,30). The minimum absolute atomic E-state index is 0.180. The van der Waals surface area contributed by atoms with Crippen LogP contribution in [0.1, 0.15) is 55.8 Å². The summed E-state index contributed by atoms with van der Waals surface area (Å²) < 4.78 is 5.45. The van der Waals surface area contributed by atoms with Gasteiger partial charge in [0.1, 0.15) is 0 Å². The van der Waals surface area contributed by atoms with Gasteiger partial charge in [0.25, 0.3) is 0 Å². The zero-order valence-electron chi connectivity index (χ0n) is 19.7. The van der Waals surface area contributed by atoms with Crippen molar-refractivity contribution in [1.82, 2.24) is 20.1 Å². The molecule has 5 rings (SSSR count). The lowest BCUT2D eigenvalue weighted by Crippen LogP contribution is -2.42. The molecule has 0 bridgehead atoms. The molecule has 0 aliphatic carbocycles. The van der Waals surface area contributed by atoms with E-state index in [0.717, 1.165) is 67.1 Å². The Morgan fingerprint density at radius 3 is 2.64 bits per heavy atom. The van der Waals surface area contributed by atoms with E-state index in [1.54, 1.807) is 0 Å². The molecule has 2 aliphatic rings. The van der Waals surface area contributed by atoms with Gasteiger partial charge in [0.05, 0.1) is 10.8 Å². The van der Waals surface area contributed by atoms with Crippen molar-refractivity contribution in [3.05, 3.63) is 53.2 Å². The fraction of sp³-hybridized carbons (Fsp3) is 0.500. The molecule has 1 aromatic carbocycles. The summed E-state index contributed by atoms with van der Waals surface area (Å²) in [7, 11) is 0. The first-order valence-corrected chi connectivity index (χ1v) is 12.0. The van der Waals surface area contributed by atoms with E-state index in [-0.39, 0.29) is 11.8 Å². The van der Waals surface area contributed by atoms with Crippen LogP contribution in [0.5, 0.6) is 0 Å². The molecule has 4 heterocycles. The van der Waals surface area contributed by atoms with Crippen LogP contribution in [-0.4, -0.2) is 58.3 Å². The first kappa shape index (κ1) is 21.9. The first-order valence-electron chi connectivity index (χ1n) is 12.0. The Balaban J connectivity index is 1.28. The van der Waals surface area contributed by atoms with Crippen LogP contribution in [0.2, 0.25) is 0 Å². The van der Waals surface area contributed by atoms with Crippen LogP contribution in [0.15, 0.2) is 36.4 Å². The van der Waals surface area contributed by atoms with Crippen LogP contribution in [0.25, 0.3) is 11.0 Å². The van der Waals surface area contributed by atoms with E-state index >= 15 is 0 Å². The lowest BCUT2D eigenvalue weighted by atomic mass is 9.83. The maximum Gasteiger partial charge on any atom is 0.232 e. The molecule has 2 fully saturated rings. The molecular weight excluding hydrogens is 414 g/mol. The van der Waals surface area contributed by atoms with Gasteiger partial charge in [0.2, 0.25) is 5.91 Å². The highest BCUT2D eigenvalue weighted by atomic mass is 16.5. The molecule has 3 aromatic rings. The van der Waals surface area contributed by atoms with Crippen molar-refractivity contribution in [2.24, 2.45) is 0 Å². The zero-order valence-corrected chi connectivity index (χ0v) is 19.7. The van der Waals surface area contributed by atoms with Crippen LogP contribution in [0.4, 0.5) is 5.82 Å². The molecule has 0 radical (unpaired) electrons. The molecule has 7 heteroatoms. The molecule has 2 aromatic heterocycles. The van der Waals surface area contributed by atoms with Crippen LogP contribution in [0, 0.1) is 6.92 Å². The van der Waals surface area contributed by atoms with Crippen molar-refractivity contribution in [3.63, 3.8) is 0 Å². The van der Waals surface area contributed by atoms with E-state index in [1.807, 2.05) is 18.7 Å². The third kappa shape index (κ3) is 4.34. The second-order valence-electron chi connectivity index (χ2n) is 9.96. The summed E-state index contributed by atoms with van der Waals surface area (Å²) in [5.41, 5.74) is 3.53. The highest BCUT2D eigenvalue weighted by Crippen LogP contribution is 2.33. The molecular formula is C26H33N5O2. The summed E-state index contributed by atoms with van der Waals surface area (Å²) >= 11 is 0. The number of benzene rings is 1. The number of H-pyrrole nitrogens is 1. The Kier molecular flexibility index (Phi) is 5.83. The number of amides is 1. The maximum absolute atomic E-state index is 13.4. The summed E-state index contributed by atoms with van der Waals surface area (Å²) in [5.74, 6) is 1.28. The largest absolute Gasteiger partial charge is 0.381 e. The fourth-order valence-electron chi connectivity index (χ4n) is 4.97. The number of pyridine rings is 1. The number of hydrogen-bond acceptors (Lipinski definition) is 5. The highest BCUT2D eigenvalue weighted by molar-refractivity contribution is 5.88. The summed E-state index contributed by atoms with van der Waals surface area (Å²) in [4.78, 5) is 20.3. The number of rotatable bonds is 5. The van der Waals surface area contributed by atoms with Crippen molar-refractivity contribution >= 4 is 22.8 Å². The lowest BCUT2D eigenvalue weighted by molar-refractivity contribution is -0.135. The monoisotopic (exact) mass is 447 g/mol. The van der Waals surface area contributed by atoms with E-state index in [1.165, 1.54) is 5.56 Å². The molecule has 2 aliphatic heterocycles. The van der Waals surface area contributed by atoms with Crippen molar-refractivity contribution in [1.29, 1.82) is 0 Å². The van der Waals surface area contributed by atoms with E-state index in [2.05, 4.69) is 58.8 Å². The Bertz CT molecular complexity index is 1130. The second kappa shape index (κ2) is 8.78. The third-order valence-corrected chi connectivity index (χ3v) is 7.21.